The third kappa shape index (κ3) is 8.28. The first-order chi connectivity index (χ1) is 19.2. The maximum Gasteiger partial charge on any atom is 0.416 e. The van der Waals surface area contributed by atoms with Gasteiger partial charge < -0.3 is 9.64 Å². The molecule has 4 rings (SSSR count). The van der Waals surface area contributed by atoms with Crippen LogP contribution in [0.15, 0.2) is 36.4 Å². The molecule has 2 heterocycles. The van der Waals surface area contributed by atoms with Crippen LogP contribution in [0.2, 0.25) is 10.0 Å². The summed E-state index contributed by atoms with van der Waals surface area (Å²) in [5.41, 5.74) is -2.45. The molecule has 1 unspecified atom stereocenters. The van der Waals surface area contributed by atoms with Crippen LogP contribution in [0, 0.1) is 0 Å². The number of amides is 1. The minimum Gasteiger partial charge on any atom is -0.379 e. The molecule has 13 heteroatoms. The Morgan fingerprint density at radius 2 is 1.51 bits per heavy atom. The van der Waals surface area contributed by atoms with E-state index in [0.717, 1.165) is 44.6 Å². The molecule has 2 aromatic rings. The number of nitrogens with zero attached hydrogens (tertiary/aromatic N) is 3. The van der Waals surface area contributed by atoms with Gasteiger partial charge in [-0.15, -0.1) is 0 Å². The van der Waals surface area contributed by atoms with Crippen molar-refractivity contribution < 1.29 is 35.9 Å². The van der Waals surface area contributed by atoms with E-state index < -0.39 is 35.8 Å². The van der Waals surface area contributed by atoms with E-state index in [2.05, 4.69) is 9.80 Å². The van der Waals surface area contributed by atoms with Crippen LogP contribution >= 0.6 is 23.2 Å². The molecule has 0 N–H and O–H groups in total. The van der Waals surface area contributed by atoms with Gasteiger partial charge in [0, 0.05) is 45.8 Å². The van der Waals surface area contributed by atoms with Gasteiger partial charge >= 0.3 is 12.4 Å². The second kappa shape index (κ2) is 13.1. The van der Waals surface area contributed by atoms with Gasteiger partial charge in [0.2, 0.25) is 5.91 Å². The molecule has 2 saturated heterocycles. The summed E-state index contributed by atoms with van der Waals surface area (Å²) in [7, 11) is 1.49. The van der Waals surface area contributed by atoms with Crippen LogP contribution in [0.3, 0.4) is 0 Å². The summed E-state index contributed by atoms with van der Waals surface area (Å²) >= 11 is 12.4. The zero-order chi connectivity index (χ0) is 29.9. The van der Waals surface area contributed by atoms with Crippen molar-refractivity contribution in [3.05, 3.63) is 68.7 Å². The minimum atomic E-state index is -4.99. The molecule has 1 amide bonds. The molecule has 2 aliphatic rings. The van der Waals surface area contributed by atoms with Gasteiger partial charge in [0.25, 0.3) is 0 Å². The lowest BCUT2D eigenvalue weighted by Crippen LogP contribution is -2.50. The van der Waals surface area contributed by atoms with Gasteiger partial charge in [0.05, 0.1) is 46.8 Å². The number of rotatable bonds is 7. The van der Waals surface area contributed by atoms with Crippen LogP contribution in [0.4, 0.5) is 26.3 Å². The van der Waals surface area contributed by atoms with E-state index >= 15 is 0 Å². The Bertz CT molecular complexity index is 1180. The first-order valence-electron chi connectivity index (χ1n) is 13.3. The third-order valence-corrected chi connectivity index (χ3v) is 8.44. The van der Waals surface area contributed by atoms with Crippen LogP contribution < -0.4 is 0 Å². The summed E-state index contributed by atoms with van der Waals surface area (Å²) in [5.74, 6) is -0.606. The second-order valence-corrected chi connectivity index (χ2v) is 11.3. The SMILES string of the molecule is CN(CC(c1ccc(Cl)c(Cl)c1)N1CCC(N2CCOCC2)CC1)C(=O)Cc1cc(C(F)(F)F)cc(C(F)(F)F)c1. The molecule has 2 aromatic carbocycles. The fourth-order valence-electron chi connectivity index (χ4n) is 5.45. The number of likely N-dealkylation sites (N-methyl/N-ethyl adjacent to an activating group) is 1. The van der Waals surface area contributed by atoms with Gasteiger partial charge in [0.15, 0.2) is 0 Å². The van der Waals surface area contributed by atoms with Crippen molar-refractivity contribution in [2.45, 2.75) is 43.7 Å². The van der Waals surface area contributed by atoms with Crippen molar-refractivity contribution in [1.82, 2.24) is 14.7 Å². The van der Waals surface area contributed by atoms with Crippen LogP contribution in [0.25, 0.3) is 0 Å². The average Bonchev–Trinajstić information content (AvgIpc) is 2.92. The van der Waals surface area contributed by atoms with Gasteiger partial charge in [-0.25, -0.2) is 0 Å². The summed E-state index contributed by atoms with van der Waals surface area (Å²) in [6.45, 7) is 4.79. The highest BCUT2D eigenvalue weighted by Crippen LogP contribution is 2.37. The molecule has 0 radical (unpaired) electrons. The van der Waals surface area contributed by atoms with E-state index in [9.17, 15) is 31.1 Å². The molecule has 0 aromatic heterocycles. The van der Waals surface area contributed by atoms with E-state index in [0.29, 0.717) is 41.4 Å². The van der Waals surface area contributed by atoms with Crippen molar-refractivity contribution in [3.63, 3.8) is 0 Å². The average molecular weight is 626 g/mol. The quantitative estimate of drug-likeness (QED) is 0.326. The molecule has 226 valence electrons. The molecule has 2 aliphatic heterocycles. The van der Waals surface area contributed by atoms with E-state index in [-0.39, 0.29) is 24.2 Å². The van der Waals surface area contributed by atoms with Crippen molar-refractivity contribution in [3.8, 4) is 0 Å². The Labute approximate surface area is 244 Å². The van der Waals surface area contributed by atoms with E-state index in [1.165, 1.54) is 11.9 Å². The van der Waals surface area contributed by atoms with Crippen LogP contribution in [0.5, 0.6) is 0 Å². The molecule has 0 spiro atoms. The molecule has 0 aliphatic carbocycles. The number of hydrogen-bond donors (Lipinski definition) is 0. The number of ether oxygens (including phenoxy) is 1. The number of morpholine rings is 1. The van der Waals surface area contributed by atoms with E-state index in [4.69, 9.17) is 27.9 Å². The zero-order valence-electron chi connectivity index (χ0n) is 22.4. The van der Waals surface area contributed by atoms with Gasteiger partial charge in [-0.3, -0.25) is 14.6 Å². The molecule has 1 atom stereocenters. The molecule has 0 saturated carbocycles. The second-order valence-electron chi connectivity index (χ2n) is 10.5. The number of alkyl halides is 6. The minimum absolute atomic E-state index is 0.0541. The Kier molecular flexibility index (Phi) is 10.2. The topological polar surface area (TPSA) is 36.0 Å². The summed E-state index contributed by atoms with van der Waals surface area (Å²) in [4.78, 5) is 19.1. The van der Waals surface area contributed by atoms with Crippen LogP contribution in [0.1, 0.15) is 41.1 Å². The highest BCUT2D eigenvalue weighted by molar-refractivity contribution is 6.42. The van der Waals surface area contributed by atoms with Gasteiger partial charge in [-0.1, -0.05) is 29.3 Å². The Hall–Kier alpha value is -2.05. The van der Waals surface area contributed by atoms with Crippen molar-refractivity contribution in [2.24, 2.45) is 0 Å². The van der Waals surface area contributed by atoms with Gasteiger partial charge in [0.1, 0.15) is 0 Å². The van der Waals surface area contributed by atoms with E-state index in [1.54, 1.807) is 12.1 Å². The molecule has 5 nitrogen and oxygen atoms in total. The Morgan fingerprint density at radius 3 is 2.05 bits per heavy atom. The Balaban J connectivity index is 1.51. The lowest BCUT2D eigenvalue weighted by atomic mass is 9.97. The van der Waals surface area contributed by atoms with Gasteiger partial charge in [-0.05, 0) is 54.3 Å². The third-order valence-electron chi connectivity index (χ3n) is 7.71. The molecule has 0 bridgehead atoms. The fraction of sp³-hybridized carbons (Fsp3) is 0.536. The highest BCUT2D eigenvalue weighted by Gasteiger charge is 2.37. The maximum atomic E-state index is 13.3. The summed E-state index contributed by atoms with van der Waals surface area (Å²) < 4.78 is 85.3. The summed E-state index contributed by atoms with van der Waals surface area (Å²) in [6, 6.07) is 6.54. The van der Waals surface area contributed by atoms with Crippen molar-refractivity contribution >= 4 is 29.1 Å². The fourth-order valence-corrected chi connectivity index (χ4v) is 5.76. The normalized spacial score (nSPS) is 18.9. The number of benzene rings is 2. The number of hydrogen-bond acceptors (Lipinski definition) is 4. The predicted molar refractivity (Wildman–Crippen MR) is 144 cm³/mol. The summed E-state index contributed by atoms with van der Waals surface area (Å²) in [6.07, 6.45) is -8.79. The Morgan fingerprint density at radius 1 is 0.927 bits per heavy atom. The number of likely N-dealkylation sites (tertiary alicyclic amines) is 1. The zero-order valence-corrected chi connectivity index (χ0v) is 23.9. The number of piperidine rings is 1. The molecular formula is C28H31Cl2F6N3O2. The molecule has 41 heavy (non-hydrogen) atoms. The number of halogens is 8. The molecule has 2 fully saturated rings. The van der Waals surface area contributed by atoms with Crippen molar-refractivity contribution in [1.29, 1.82) is 0 Å². The van der Waals surface area contributed by atoms with E-state index in [1.807, 2.05) is 6.07 Å². The highest BCUT2D eigenvalue weighted by atomic mass is 35.5. The van der Waals surface area contributed by atoms with Crippen molar-refractivity contribution in [2.75, 3.05) is 53.0 Å². The van der Waals surface area contributed by atoms with Crippen LogP contribution in [-0.2, 0) is 28.3 Å². The largest absolute Gasteiger partial charge is 0.416 e. The predicted octanol–water partition coefficient (Wildman–Crippen LogP) is 6.57. The number of carbonyl (C=O) groups excluding carboxylic acids is 1. The smallest absolute Gasteiger partial charge is 0.379 e. The first-order valence-corrected chi connectivity index (χ1v) is 14.0. The monoisotopic (exact) mass is 625 g/mol. The maximum absolute atomic E-state index is 13.3. The lowest BCUT2D eigenvalue weighted by molar-refractivity contribution is -0.143. The van der Waals surface area contributed by atoms with Crippen LogP contribution in [-0.4, -0.2) is 79.6 Å². The number of carbonyl (C=O) groups is 1. The lowest BCUT2D eigenvalue weighted by Gasteiger charge is -2.43. The summed E-state index contributed by atoms with van der Waals surface area (Å²) in [5, 5.41) is 0.713. The van der Waals surface area contributed by atoms with Gasteiger partial charge in [-0.2, -0.15) is 26.3 Å². The molecular weight excluding hydrogens is 595 g/mol. The first kappa shape index (κ1) is 31.9. The standard InChI is InChI=1S/C28H31Cl2F6N3O2/c1-37(26(40)14-18-12-20(27(31,32)33)16-21(13-18)28(34,35)36)17-25(19-2-3-23(29)24(30)15-19)39-6-4-22(5-7-39)38-8-10-41-11-9-38/h2-3,12-13,15-16,22,25H,4-11,14,17H2,1H3.